The molecule has 1 aliphatic heterocycles. The van der Waals surface area contributed by atoms with Crippen LogP contribution in [0.25, 0.3) is 11.5 Å². The van der Waals surface area contributed by atoms with Crippen molar-refractivity contribution in [3.8, 4) is 11.5 Å². The Morgan fingerprint density at radius 1 is 1.18 bits per heavy atom. The van der Waals surface area contributed by atoms with Gasteiger partial charge in [0.25, 0.3) is 11.8 Å². The quantitative estimate of drug-likeness (QED) is 0.622. The number of alkyl halides is 5. The second-order valence-electron chi connectivity index (χ2n) is 9.11. The Morgan fingerprint density at radius 2 is 1.88 bits per heavy atom. The number of benzene rings is 1. The van der Waals surface area contributed by atoms with Crippen LogP contribution in [0.2, 0.25) is 0 Å². The number of carbonyl (C=O) groups excluding carboxylic acids is 2. The summed E-state index contributed by atoms with van der Waals surface area (Å²) in [6.07, 6.45) is -5.16. The van der Waals surface area contributed by atoms with Gasteiger partial charge in [-0.25, -0.2) is 0 Å². The maximum Gasteiger partial charge on any atom is 0.402 e. The molecule has 12 heteroatoms. The van der Waals surface area contributed by atoms with Crippen LogP contribution < -0.4 is 5.32 Å². The highest BCUT2D eigenvalue weighted by Gasteiger charge is 2.53. The molecule has 0 spiro atoms. The predicted molar refractivity (Wildman–Crippen MR) is 109 cm³/mol. The van der Waals surface area contributed by atoms with Crippen molar-refractivity contribution in [1.29, 1.82) is 0 Å². The summed E-state index contributed by atoms with van der Waals surface area (Å²) in [5.41, 5.74) is -1.27. The van der Waals surface area contributed by atoms with E-state index in [1.165, 1.54) is 6.07 Å². The average molecular weight is 486 g/mol. The molecule has 184 valence electrons. The zero-order valence-corrected chi connectivity index (χ0v) is 18.5. The number of amides is 2. The van der Waals surface area contributed by atoms with E-state index in [-0.39, 0.29) is 18.3 Å². The minimum atomic E-state index is -4.71. The van der Waals surface area contributed by atoms with Gasteiger partial charge >= 0.3 is 12.6 Å². The van der Waals surface area contributed by atoms with E-state index in [9.17, 15) is 31.5 Å². The number of carbonyl (C=O) groups is 2. The Balaban J connectivity index is 1.54. The van der Waals surface area contributed by atoms with Crippen molar-refractivity contribution in [2.24, 2.45) is 5.41 Å². The first-order chi connectivity index (χ1) is 15.9. The summed E-state index contributed by atoms with van der Waals surface area (Å²) in [5, 5.41) is 9.41. The molecule has 1 saturated carbocycles. The van der Waals surface area contributed by atoms with Crippen molar-refractivity contribution in [2.45, 2.75) is 70.8 Å². The minimum Gasteiger partial charge on any atom is -0.415 e. The van der Waals surface area contributed by atoms with E-state index in [1.807, 2.05) is 0 Å². The highest BCUT2D eigenvalue weighted by Crippen LogP contribution is 2.39. The normalized spacial score (nSPS) is 21.2. The van der Waals surface area contributed by atoms with Crippen LogP contribution in [-0.2, 0) is 11.3 Å². The van der Waals surface area contributed by atoms with Crippen LogP contribution in [0.4, 0.5) is 22.0 Å². The first-order valence-electron chi connectivity index (χ1n) is 10.8. The highest BCUT2D eigenvalue weighted by atomic mass is 19.4. The molecule has 2 amide bonds. The molecule has 7 nitrogen and oxygen atoms in total. The lowest BCUT2D eigenvalue weighted by Gasteiger charge is -2.39. The zero-order chi connectivity index (χ0) is 24.8. The van der Waals surface area contributed by atoms with Crippen LogP contribution in [-0.4, -0.2) is 45.2 Å². The van der Waals surface area contributed by atoms with Gasteiger partial charge in [0, 0.05) is 23.7 Å². The molecule has 0 saturated heterocycles. The lowest BCUT2D eigenvalue weighted by molar-refractivity contribution is -0.212. The topological polar surface area (TPSA) is 88.3 Å². The van der Waals surface area contributed by atoms with E-state index in [0.717, 1.165) is 26.7 Å². The number of nitrogens with zero attached hydrogens (tertiary/aromatic N) is 3. The lowest BCUT2D eigenvalue weighted by Crippen LogP contribution is -2.57. The van der Waals surface area contributed by atoms with Gasteiger partial charge in [-0.1, -0.05) is 18.9 Å². The summed E-state index contributed by atoms with van der Waals surface area (Å²) in [7, 11) is 0. The molecular weight excluding hydrogens is 463 g/mol. The van der Waals surface area contributed by atoms with Gasteiger partial charge in [0.15, 0.2) is 0 Å². The molecule has 2 aliphatic rings. The molecule has 2 atom stereocenters. The average Bonchev–Trinajstić information content (AvgIpc) is 3.39. The largest absolute Gasteiger partial charge is 0.415 e. The van der Waals surface area contributed by atoms with Crippen LogP contribution in [0, 0.1) is 5.41 Å². The van der Waals surface area contributed by atoms with Crippen LogP contribution in [0.3, 0.4) is 0 Å². The fourth-order valence-corrected chi connectivity index (χ4v) is 4.29. The van der Waals surface area contributed by atoms with Gasteiger partial charge in [-0.15, -0.1) is 10.2 Å². The Kier molecular flexibility index (Phi) is 6.11. The van der Waals surface area contributed by atoms with E-state index < -0.39 is 41.9 Å². The standard InChI is InChI=1S/C22H23F5N4O3/c1-21(2,22(25,26)27)20(33)28-14-5-3-4-6-15(14)31-10-12-8-7-11(9-13(12)19(31)32)17-29-30-18(34-17)16(23)24/h7-9,14-16H,3-6,10H2,1-2H3,(H,28,33)/t14-,15-/m1/s1. The third-order valence-corrected chi connectivity index (χ3v) is 6.54. The molecule has 1 aromatic carbocycles. The number of halogens is 5. The Bertz CT molecular complexity index is 1100. The monoisotopic (exact) mass is 486 g/mol. The Labute approximate surface area is 191 Å². The third-order valence-electron chi connectivity index (χ3n) is 6.54. The first-order valence-corrected chi connectivity index (χ1v) is 10.8. The van der Waals surface area contributed by atoms with Crippen molar-refractivity contribution in [3.63, 3.8) is 0 Å². The molecule has 2 heterocycles. The van der Waals surface area contributed by atoms with E-state index in [2.05, 4.69) is 15.5 Å². The van der Waals surface area contributed by atoms with Gasteiger partial charge in [0.1, 0.15) is 5.41 Å². The molecule has 4 rings (SSSR count). The van der Waals surface area contributed by atoms with E-state index in [0.29, 0.717) is 29.5 Å². The smallest absolute Gasteiger partial charge is 0.402 e. The number of hydrogen-bond acceptors (Lipinski definition) is 5. The van der Waals surface area contributed by atoms with Crippen LogP contribution in [0.5, 0.6) is 0 Å². The third kappa shape index (κ3) is 4.25. The molecule has 1 aliphatic carbocycles. The molecular formula is C22H23F5N4O3. The molecule has 2 aromatic rings. The molecule has 1 N–H and O–H groups in total. The molecule has 0 unspecified atom stereocenters. The summed E-state index contributed by atoms with van der Waals surface area (Å²) < 4.78 is 70.4. The maximum atomic E-state index is 13.3. The minimum absolute atomic E-state index is 0.151. The van der Waals surface area contributed by atoms with E-state index >= 15 is 0 Å². The summed E-state index contributed by atoms with van der Waals surface area (Å²) in [5.74, 6) is -2.46. The van der Waals surface area contributed by atoms with Gasteiger partial charge in [0.2, 0.25) is 11.8 Å². The summed E-state index contributed by atoms with van der Waals surface area (Å²) in [6.45, 7) is 1.88. The molecule has 0 radical (unpaired) electrons. The van der Waals surface area contributed by atoms with Gasteiger partial charge in [-0.3, -0.25) is 9.59 Å². The van der Waals surface area contributed by atoms with Crippen molar-refractivity contribution in [1.82, 2.24) is 20.4 Å². The fraction of sp³-hybridized carbons (Fsp3) is 0.545. The number of hydrogen-bond donors (Lipinski definition) is 1. The molecule has 1 aromatic heterocycles. The number of nitrogens with one attached hydrogen (secondary N) is 1. The fourth-order valence-electron chi connectivity index (χ4n) is 4.29. The summed E-state index contributed by atoms with van der Waals surface area (Å²) in [4.78, 5) is 27.3. The van der Waals surface area contributed by atoms with Gasteiger partial charge in [-0.05, 0) is 44.4 Å². The number of rotatable bonds is 5. The van der Waals surface area contributed by atoms with Gasteiger partial charge in [0.05, 0.1) is 6.04 Å². The Hall–Kier alpha value is -3.05. The number of fused-ring (bicyclic) bond motifs is 1. The second-order valence-corrected chi connectivity index (χ2v) is 9.11. The second kappa shape index (κ2) is 8.62. The zero-order valence-electron chi connectivity index (χ0n) is 18.5. The molecule has 1 fully saturated rings. The van der Waals surface area contributed by atoms with Gasteiger partial charge in [-0.2, -0.15) is 22.0 Å². The van der Waals surface area contributed by atoms with E-state index in [4.69, 9.17) is 4.42 Å². The highest BCUT2D eigenvalue weighted by molar-refractivity contribution is 5.99. The predicted octanol–water partition coefficient (Wildman–Crippen LogP) is 4.65. The summed E-state index contributed by atoms with van der Waals surface area (Å²) >= 11 is 0. The Morgan fingerprint density at radius 3 is 2.53 bits per heavy atom. The van der Waals surface area contributed by atoms with Gasteiger partial charge < -0.3 is 14.6 Å². The van der Waals surface area contributed by atoms with Crippen LogP contribution >= 0.6 is 0 Å². The SMILES string of the molecule is CC(C)(C(=O)N[C@@H]1CCCC[C@H]1N1Cc2ccc(-c3nnc(C(F)F)o3)cc2C1=O)C(F)(F)F. The lowest BCUT2D eigenvalue weighted by atomic mass is 9.86. The first kappa shape index (κ1) is 24.1. The van der Waals surface area contributed by atoms with Crippen LogP contribution in [0.15, 0.2) is 22.6 Å². The molecule has 0 bridgehead atoms. The molecule has 34 heavy (non-hydrogen) atoms. The van der Waals surface area contributed by atoms with Crippen molar-refractivity contribution in [2.75, 3.05) is 0 Å². The van der Waals surface area contributed by atoms with Crippen LogP contribution in [0.1, 0.15) is 67.8 Å². The number of aromatic nitrogens is 2. The maximum absolute atomic E-state index is 13.3. The van der Waals surface area contributed by atoms with Crippen molar-refractivity contribution < 1.29 is 36.0 Å². The van der Waals surface area contributed by atoms with E-state index in [1.54, 1.807) is 17.0 Å². The van der Waals surface area contributed by atoms with Crippen molar-refractivity contribution >= 4 is 11.8 Å². The van der Waals surface area contributed by atoms with Crippen molar-refractivity contribution in [3.05, 3.63) is 35.2 Å². The summed E-state index contributed by atoms with van der Waals surface area (Å²) in [6, 6.07) is 3.61.